The van der Waals surface area contributed by atoms with Crippen LogP contribution in [0, 0.1) is 0 Å². The number of nitrogens with two attached hydrogens (primary N) is 1. The molecule has 16 heavy (non-hydrogen) atoms. The molecule has 0 saturated carbocycles. The first-order valence-corrected chi connectivity index (χ1v) is 4.63. The van der Waals surface area contributed by atoms with Crippen molar-refractivity contribution in [3.05, 3.63) is 30.2 Å². The van der Waals surface area contributed by atoms with Crippen LogP contribution in [0.2, 0.25) is 0 Å². The van der Waals surface area contributed by atoms with Crippen LogP contribution < -0.4 is 15.2 Å². The van der Waals surface area contributed by atoms with Gasteiger partial charge in [-0.2, -0.15) is 0 Å². The fourth-order valence-corrected chi connectivity index (χ4v) is 1.20. The molecule has 1 heterocycles. The van der Waals surface area contributed by atoms with Crippen molar-refractivity contribution in [2.24, 2.45) is 0 Å². The summed E-state index contributed by atoms with van der Waals surface area (Å²) in [7, 11) is 1.58. The molecule has 0 saturated heterocycles. The topological polar surface area (TPSA) is 83.4 Å². The van der Waals surface area contributed by atoms with Gasteiger partial charge in [0.1, 0.15) is 0 Å². The van der Waals surface area contributed by atoms with Crippen molar-refractivity contribution in [2.45, 2.75) is 6.61 Å². The number of aromatic nitrogens is 2. The molecule has 0 aliphatic heterocycles. The Morgan fingerprint density at radius 3 is 2.62 bits per heavy atom. The van der Waals surface area contributed by atoms with Gasteiger partial charge < -0.3 is 19.6 Å². The van der Waals surface area contributed by atoms with E-state index in [1.165, 1.54) is 0 Å². The summed E-state index contributed by atoms with van der Waals surface area (Å²) in [6.07, 6.45) is 0. The van der Waals surface area contributed by atoms with Gasteiger partial charge in [-0.1, -0.05) is 17.2 Å². The second-order valence-corrected chi connectivity index (χ2v) is 2.97. The third kappa shape index (κ3) is 2.22. The molecule has 2 rings (SSSR count). The third-order valence-corrected chi connectivity index (χ3v) is 1.90. The van der Waals surface area contributed by atoms with E-state index in [0.29, 0.717) is 17.4 Å². The van der Waals surface area contributed by atoms with Gasteiger partial charge >= 0.3 is 6.01 Å². The second kappa shape index (κ2) is 4.52. The van der Waals surface area contributed by atoms with Crippen molar-refractivity contribution in [2.75, 3.05) is 12.8 Å². The molecule has 1 aromatic heterocycles. The lowest BCUT2D eigenvalue weighted by Crippen LogP contribution is -1.97. The first kappa shape index (κ1) is 10.3. The van der Waals surface area contributed by atoms with Crippen molar-refractivity contribution >= 4 is 6.01 Å². The van der Waals surface area contributed by atoms with Crippen molar-refractivity contribution < 1.29 is 13.9 Å². The van der Waals surface area contributed by atoms with Gasteiger partial charge in [0.05, 0.1) is 7.11 Å². The molecule has 0 radical (unpaired) electrons. The maximum atomic E-state index is 5.45. The van der Waals surface area contributed by atoms with E-state index in [0.717, 1.165) is 0 Å². The number of anilines is 1. The summed E-state index contributed by atoms with van der Waals surface area (Å²) >= 11 is 0. The Kier molecular flexibility index (Phi) is 2.90. The molecule has 84 valence electrons. The monoisotopic (exact) mass is 221 g/mol. The SMILES string of the molecule is COc1ccccc1OCc1nnc(N)o1. The highest BCUT2D eigenvalue weighted by Crippen LogP contribution is 2.26. The fraction of sp³-hybridized carbons (Fsp3) is 0.200. The lowest BCUT2D eigenvalue weighted by molar-refractivity contribution is 0.251. The molecule has 0 atom stereocenters. The summed E-state index contributed by atoms with van der Waals surface area (Å²) in [5.41, 5.74) is 5.28. The van der Waals surface area contributed by atoms with Crippen LogP contribution in [0.5, 0.6) is 11.5 Å². The van der Waals surface area contributed by atoms with Crippen molar-refractivity contribution in [1.82, 2.24) is 10.2 Å². The molecule has 1 aromatic carbocycles. The number of nitrogens with zero attached hydrogens (tertiary/aromatic N) is 2. The minimum atomic E-state index is 0.0265. The first-order chi connectivity index (χ1) is 7.79. The normalized spacial score (nSPS) is 10.1. The van der Waals surface area contributed by atoms with Crippen molar-refractivity contribution in [3.63, 3.8) is 0 Å². The first-order valence-electron chi connectivity index (χ1n) is 4.63. The lowest BCUT2D eigenvalue weighted by Gasteiger charge is -2.07. The number of rotatable bonds is 4. The van der Waals surface area contributed by atoms with E-state index in [9.17, 15) is 0 Å². The summed E-state index contributed by atoms with van der Waals surface area (Å²) in [5.74, 6) is 1.58. The molecule has 0 amide bonds. The van der Waals surface area contributed by atoms with Gasteiger partial charge in [-0.15, -0.1) is 5.10 Å². The van der Waals surface area contributed by atoms with Gasteiger partial charge in [-0.3, -0.25) is 0 Å². The van der Waals surface area contributed by atoms with Crippen LogP contribution in [0.4, 0.5) is 6.01 Å². The molecule has 0 spiro atoms. The van der Waals surface area contributed by atoms with E-state index < -0.39 is 0 Å². The van der Waals surface area contributed by atoms with Crippen LogP contribution in [0.1, 0.15) is 5.89 Å². The third-order valence-electron chi connectivity index (χ3n) is 1.90. The predicted molar refractivity (Wildman–Crippen MR) is 56.0 cm³/mol. The minimum absolute atomic E-state index is 0.0265. The predicted octanol–water partition coefficient (Wildman–Crippen LogP) is 1.24. The van der Waals surface area contributed by atoms with Crippen LogP contribution in [-0.2, 0) is 6.61 Å². The standard InChI is InChI=1S/C10H11N3O3/c1-14-7-4-2-3-5-8(7)15-6-9-12-13-10(11)16-9/h2-5H,6H2,1H3,(H2,11,13). The van der Waals surface area contributed by atoms with E-state index >= 15 is 0 Å². The summed E-state index contributed by atoms with van der Waals surface area (Å²) in [5, 5.41) is 7.20. The Bertz CT molecular complexity index is 470. The average molecular weight is 221 g/mol. The van der Waals surface area contributed by atoms with E-state index in [2.05, 4.69) is 10.2 Å². The van der Waals surface area contributed by atoms with Crippen LogP contribution in [0.15, 0.2) is 28.7 Å². The second-order valence-electron chi connectivity index (χ2n) is 2.97. The number of hydrogen-bond donors (Lipinski definition) is 1. The molecule has 0 aliphatic carbocycles. The molecule has 0 fully saturated rings. The minimum Gasteiger partial charge on any atom is -0.493 e. The average Bonchev–Trinajstić information content (AvgIpc) is 2.73. The Balaban J connectivity index is 2.04. The van der Waals surface area contributed by atoms with Gasteiger partial charge in [-0.05, 0) is 12.1 Å². The number of methoxy groups -OCH3 is 1. The highest BCUT2D eigenvalue weighted by atomic mass is 16.5. The smallest absolute Gasteiger partial charge is 0.312 e. The molecule has 0 aliphatic rings. The zero-order valence-electron chi connectivity index (χ0n) is 8.71. The van der Waals surface area contributed by atoms with Crippen LogP contribution in [-0.4, -0.2) is 17.3 Å². The van der Waals surface area contributed by atoms with Crippen molar-refractivity contribution in [1.29, 1.82) is 0 Å². The van der Waals surface area contributed by atoms with E-state index in [4.69, 9.17) is 19.6 Å². The number of ether oxygens (including phenoxy) is 2. The molecule has 0 unspecified atom stereocenters. The Morgan fingerprint density at radius 2 is 2.00 bits per heavy atom. The van der Waals surface area contributed by atoms with Crippen molar-refractivity contribution in [3.8, 4) is 11.5 Å². The number of benzene rings is 1. The van der Waals surface area contributed by atoms with Crippen LogP contribution in [0.25, 0.3) is 0 Å². The Morgan fingerprint density at radius 1 is 1.25 bits per heavy atom. The summed E-state index contributed by atoms with van der Waals surface area (Å²) in [6.45, 7) is 0.157. The fourth-order valence-electron chi connectivity index (χ4n) is 1.20. The van der Waals surface area contributed by atoms with Gasteiger partial charge in [0.25, 0.3) is 5.89 Å². The van der Waals surface area contributed by atoms with Crippen LogP contribution >= 0.6 is 0 Å². The van der Waals surface area contributed by atoms with E-state index in [1.807, 2.05) is 12.1 Å². The summed E-state index contributed by atoms with van der Waals surface area (Å²) in [6, 6.07) is 7.32. The summed E-state index contributed by atoms with van der Waals surface area (Å²) < 4.78 is 15.5. The molecular formula is C10H11N3O3. The zero-order chi connectivity index (χ0) is 11.4. The maximum absolute atomic E-state index is 5.45. The molecule has 6 nitrogen and oxygen atoms in total. The van der Waals surface area contributed by atoms with Gasteiger partial charge in [-0.25, -0.2) is 0 Å². The number of para-hydroxylation sites is 2. The molecule has 2 N–H and O–H groups in total. The summed E-state index contributed by atoms with van der Waals surface area (Å²) in [4.78, 5) is 0. The zero-order valence-corrected chi connectivity index (χ0v) is 8.71. The highest BCUT2D eigenvalue weighted by molar-refractivity contribution is 5.39. The lowest BCUT2D eigenvalue weighted by atomic mass is 10.3. The highest BCUT2D eigenvalue weighted by Gasteiger charge is 2.06. The molecule has 6 heteroatoms. The Labute approximate surface area is 92.0 Å². The van der Waals surface area contributed by atoms with Crippen LogP contribution in [0.3, 0.4) is 0 Å². The molecule has 0 bridgehead atoms. The van der Waals surface area contributed by atoms with E-state index in [1.54, 1.807) is 19.2 Å². The van der Waals surface area contributed by atoms with Gasteiger partial charge in [0.15, 0.2) is 18.1 Å². The van der Waals surface area contributed by atoms with E-state index in [-0.39, 0.29) is 12.6 Å². The molecular weight excluding hydrogens is 210 g/mol. The van der Waals surface area contributed by atoms with Gasteiger partial charge in [0, 0.05) is 0 Å². The molecule has 2 aromatic rings. The number of hydrogen-bond acceptors (Lipinski definition) is 6. The largest absolute Gasteiger partial charge is 0.493 e. The maximum Gasteiger partial charge on any atom is 0.312 e. The number of nitrogen functional groups attached to an aromatic ring is 1. The Hall–Kier alpha value is -2.24. The van der Waals surface area contributed by atoms with Gasteiger partial charge in [0.2, 0.25) is 0 Å². The quantitative estimate of drug-likeness (QED) is 0.836.